The van der Waals surface area contributed by atoms with Crippen LogP contribution in [-0.4, -0.2) is 42.6 Å². The van der Waals surface area contributed by atoms with Crippen LogP contribution in [0.1, 0.15) is 6.42 Å². The van der Waals surface area contributed by atoms with Gasteiger partial charge in [0.05, 0.1) is 6.54 Å². The first-order valence-electron chi connectivity index (χ1n) is 5.42. The molecule has 1 aliphatic rings. The third-order valence-electron chi connectivity index (χ3n) is 2.57. The van der Waals surface area contributed by atoms with Crippen LogP contribution in [0, 0.1) is 0 Å². The van der Waals surface area contributed by atoms with Gasteiger partial charge >= 0.3 is 0 Å². The molecule has 0 bridgehead atoms. The van der Waals surface area contributed by atoms with E-state index in [0.29, 0.717) is 6.54 Å². The first-order chi connectivity index (χ1) is 8.22. The fourth-order valence-corrected chi connectivity index (χ4v) is 2.40. The minimum Gasteiger partial charge on any atom is -0.372 e. The monoisotopic (exact) mass is 299 g/mol. The van der Waals surface area contributed by atoms with Crippen LogP contribution < -0.4 is 15.5 Å². The lowest BCUT2D eigenvalue weighted by Crippen LogP contribution is -2.33. The van der Waals surface area contributed by atoms with Crippen molar-refractivity contribution in [2.75, 3.05) is 36.9 Å². The number of hydrogen-bond donors (Lipinski definition) is 2. The van der Waals surface area contributed by atoms with E-state index in [1.165, 1.54) is 6.33 Å². The van der Waals surface area contributed by atoms with E-state index in [1.807, 2.05) is 4.90 Å². The number of carbonyl (C=O) groups excluding carboxylic acids is 1. The van der Waals surface area contributed by atoms with Crippen LogP contribution in [0.25, 0.3) is 0 Å². The van der Waals surface area contributed by atoms with Gasteiger partial charge in [-0.05, 0) is 22.4 Å². The highest BCUT2D eigenvalue weighted by Crippen LogP contribution is 2.29. The normalized spacial score (nSPS) is 16.4. The zero-order chi connectivity index (χ0) is 12.3. The smallest absolute Gasteiger partial charge is 0.239 e. The van der Waals surface area contributed by atoms with Gasteiger partial charge in [0.25, 0.3) is 0 Å². The Morgan fingerprint density at radius 1 is 1.53 bits per heavy atom. The number of rotatable bonds is 2. The molecule has 2 heterocycles. The Hall–Kier alpha value is -1.37. The van der Waals surface area contributed by atoms with Crippen molar-refractivity contribution in [3.8, 4) is 0 Å². The molecule has 2 N–H and O–H groups in total. The molecule has 92 valence electrons. The number of nitrogens with zero attached hydrogens (tertiary/aromatic N) is 3. The highest BCUT2D eigenvalue weighted by atomic mass is 79.9. The van der Waals surface area contributed by atoms with Gasteiger partial charge in [-0.2, -0.15) is 0 Å². The molecule has 1 aromatic rings. The van der Waals surface area contributed by atoms with Crippen molar-refractivity contribution in [2.45, 2.75) is 6.42 Å². The third kappa shape index (κ3) is 2.66. The van der Waals surface area contributed by atoms with Gasteiger partial charge in [0.2, 0.25) is 5.91 Å². The molecule has 0 saturated carbocycles. The van der Waals surface area contributed by atoms with Gasteiger partial charge in [0.1, 0.15) is 22.4 Å². The number of hydrogen-bond acceptors (Lipinski definition) is 5. The van der Waals surface area contributed by atoms with Gasteiger partial charge in [-0.3, -0.25) is 4.79 Å². The molecule has 0 spiro atoms. The molecular weight excluding hydrogens is 286 g/mol. The molecule has 0 unspecified atom stereocenters. The minimum absolute atomic E-state index is 0.0269. The summed E-state index contributed by atoms with van der Waals surface area (Å²) in [5.41, 5.74) is 0. The molecule has 1 fully saturated rings. The van der Waals surface area contributed by atoms with Crippen LogP contribution in [0.15, 0.2) is 10.8 Å². The predicted molar refractivity (Wildman–Crippen MR) is 69.1 cm³/mol. The molecule has 0 aromatic carbocycles. The zero-order valence-electron chi connectivity index (χ0n) is 9.53. The van der Waals surface area contributed by atoms with Crippen molar-refractivity contribution in [1.29, 1.82) is 0 Å². The van der Waals surface area contributed by atoms with Crippen molar-refractivity contribution >= 4 is 33.5 Å². The van der Waals surface area contributed by atoms with Gasteiger partial charge in [-0.25, -0.2) is 9.97 Å². The van der Waals surface area contributed by atoms with Gasteiger partial charge in [0, 0.05) is 20.1 Å². The summed E-state index contributed by atoms with van der Waals surface area (Å²) >= 11 is 3.46. The highest BCUT2D eigenvalue weighted by molar-refractivity contribution is 9.10. The number of amides is 1. The number of anilines is 2. The molecular formula is C10H14BrN5O. The highest BCUT2D eigenvalue weighted by Gasteiger charge is 2.19. The Kier molecular flexibility index (Phi) is 3.78. The predicted octanol–water partition coefficient (Wildman–Crippen LogP) is 0.607. The molecule has 0 aliphatic carbocycles. The molecule has 0 radical (unpaired) electrons. The summed E-state index contributed by atoms with van der Waals surface area (Å²) in [5.74, 6) is 1.50. The second-order valence-corrected chi connectivity index (χ2v) is 4.53. The fraction of sp³-hybridized carbons (Fsp3) is 0.500. The topological polar surface area (TPSA) is 70.2 Å². The molecule has 1 saturated heterocycles. The molecule has 17 heavy (non-hydrogen) atoms. The first-order valence-corrected chi connectivity index (χ1v) is 6.21. The molecule has 6 nitrogen and oxygen atoms in total. The molecule has 1 aromatic heterocycles. The Morgan fingerprint density at radius 3 is 3.12 bits per heavy atom. The average Bonchev–Trinajstić information content (AvgIpc) is 2.54. The van der Waals surface area contributed by atoms with Crippen LogP contribution >= 0.6 is 15.9 Å². The maximum atomic E-state index is 11.5. The van der Waals surface area contributed by atoms with Crippen molar-refractivity contribution in [3.63, 3.8) is 0 Å². The van der Waals surface area contributed by atoms with E-state index in [2.05, 4.69) is 36.5 Å². The number of aromatic nitrogens is 2. The van der Waals surface area contributed by atoms with Gasteiger partial charge in [0.15, 0.2) is 0 Å². The zero-order valence-corrected chi connectivity index (χ0v) is 11.1. The van der Waals surface area contributed by atoms with E-state index in [1.54, 1.807) is 7.05 Å². The maximum absolute atomic E-state index is 11.5. The maximum Gasteiger partial charge on any atom is 0.239 e. The van der Waals surface area contributed by atoms with Gasteiger partial charge in [-0.15, -0.1) is 0 Å². The van der Waals surface area contributed by atoms with E-state index >= 15 is 0 Å². The minimum atomic E-state index is 0.0269. The van der Waals surface area contributed by atoms with Crippen LogP contribution in [0.3, 0.4) is 0 Å². The van der Waals surface area contributed by atoms with Crippen LogP contribution in [0.4, 0.5) is 11.6 Å². The average molecular weight is 300 g/mol. The van der Waals surface area contributed by atoms with E-state index in [4.69, 9.17) is 0 Å². The summed E-state index contributed by atoms with van der Waals surface area (Å²) in [5, 5.41) is 5.81. The van der Waals surface area contributed by atoms with E-state index < -0.39 is 0 Å². The third-order valence-corrected chi connectivity index (χ3v) is 3.30. The summed E-state index contributed by atoms with van der Waals surface area (Å²) in [4.78, 5) is 21.8. The summed E-state index contributed by atoms with van der Waals surface area (Å²) < 4.78 is 0.789. The number of nitrogens with one attached hydrogen (secondary N) is 2. The Bertz CT molecular complexity index is 425. The van der Waals surface area contributed by atoms with Crippen LogP contribution in [0.5, 0.6) is 0 Å². The molecule has 1 amide bonds. The van der Waals surface area contributed by atoms with E-state index in [-0.39, 0.29) is 5.91 Å². The van der Waals surface area contributed by atoms with Crippen molar-refractivity contribution in [1.82, 2.24) is 15.3 Å². The molecule has 2 rings (SSSR count). The number of carbonyl (C=O) groups is 1. The summed E-state index contributed by atoms with van der Waals surface area (Å²) in [6, 6.07) is 0. The Labute approximate surface area is 108 Å². The van der Waals surface area contributed by atoms with Crippen LogP contribution in [-0.2, 0) is 4.79 Å². The lowest BCUT2D eigenvalue weighted by molar-refractivity contribution is -0.119. The molecule has 7 heteroatoms. The second-order valence-electron chi connectivity index (χ2n) is 3.73. The largest absolute Gasteiger partial charge is 0.372 e. The van der Waals surface area contributed by atoms with E-state index in [9.17, 15) is 4.79 Å². The second kappa shape index (κ2) is 5.31. The lowest BCUT2D eigenvalue weighted by Gasteiger charge is -2.21. The summed E-state index contributed by atoms with van der Waals surface area (Å²) in [7, 11) is 1.80. The quantitative estimate of drug-likeness (QED) is 0.837. The molecule has 0 atom stereocenters. The van der Waals surface area contributed by atoms with Crippen molar-refractivity contribution < 1.29 is 4.79 Å². The van der Waals surface area contributed by atoms with E-state index in [0.717, 1.165) is 35.6 Å². The first kappa shape index (κ1) is 12.1. The van der Waals surface area contributed by atoms with Crippen molar-refractivity contribution in [3.05, 3.63) is 10.8 Å². The van der Waals surface area contributed by atoms with Gasteiger partial charge in [-0.1, -0.05) is 0 Å². The van der Waals surface area contributed by atoms with Crippen LogP contribution in [0.2, 0.25) is 0 Å². The SMILES string of the molecule is CNc1ncnc(N2CCCNC(=O)C2)c1Br. The van der Waals surface area contributed by atoms with Gasteiger partial charge < -0.3 is 15.5 Å². The molecule has 1 aliphatic heterocycles. The summed E-state index contributed by atoms with van der Waals surface area (Å²) in [6.45, 7) is 1.85. The van der Waals surface area contributed by atoms with Crippen molar-refractivity contribution in [2.24, 2.45) is 0 Å². The number of halogens is 1. The Morgan fingerprint density at radius 2 is 2.35 bits per heavy atom. The Balaban J connectivity index is 2.29. The standard InChI is InChI=1S/C10H14BrN5O/c1-12-9-8(11)10(15-6-14-9)16-4-2-3-13-7(17)5-16/h6H,2-5H2,1H3,(H,13,17)(H,12,14,15). The lowest BCUT2D eigenvalue weighted by atomic mass is 10.4. The summed E-state index contributed by atoms with van der Waals surface area (Å²) in [6.07, 6.45) is 2.41. The fourth-order valence-electron chi connectivity index (χ4n) is 1.74.